The first-order chi connectivity index (χ1) is 12.9. The van der Waals surface area contributed by atoms with Crippen LogP contribution in [0, 0.1) is 17.7 Å². The van der Waals surface area contributed by atoms with Crippen LogP contribution in [-0.4, -0.2) is 46.1 Å². The Kier molecular flexibility index (Phi) is 3.36. The molecule has 0 bridgehead atoms. The topological polar surface area (TPSA) is 69.7 Å². The SMILES string of the molecule is CC[C@H](C)N1C(=O)[C@@H]2[C@H]3CCCN3[C@@]3(C(=O)Nc4ccc(F)cc43)[C@@H]2C1=O. The molecule has 0 aliphatic carbocycles. The summed E-state index contributed by atoms with van der Waals surface area (Å²) in [6.07, 6.45) is 2.29. The van der Waals surface area contributed by atoms with E-state index in [-0.39, 0.29) is 29.8 Å². The van der Waals surface area contributed by atoms with Crippen LogP contribution >= 0.6 is 0 Å². The number of benzene rings is 1. The van der Waals surface area contributed by atoms with E-state index in [9.17, 15) is 18.8 Å². The van der Waals surface area contributed by atoms with Crippen LogP contribution in [0.25, 0.3) is 0 Å². The number of nitrogens with zero attached hydrogens (tertiary/aromatic N) is 2. The number of carbonyl (C=O) groups is 3. The number of likely N-dealkylation sites (tertiary alicyclic amines) is 1. The van der Waals surface area contributed by atoms with Gasteiger partial charge in [0, 0.05) is 23.3 Å². The number of hydrogen-bond donors (Lipinski definition) is 1. The van der Waals surface area contributed by atoms with Crippen molar-refractivity contribution in [2.45, 2.75) is 50.7 Å². The van der Waals surface area contributed by atoms with Crippen LogP contribution in [-0.2, 0) is 19.9 Å². The average molecular weight is 371 g/mol. The number of amides is 3. The normalized spacial score (nSPS) is 35.6. The highest BCUT2D eigenvalue weighted by Crippen LogP contribution is 2.60. The molecular formula is C20H22FN3O3. The van der Waals surface area contributed by atoms with Gasteiger partial charge in [-0.1, -0.05) is 6.92 Å². The zero-order valence-corrected chi connectivity index (χ0v) is 15.4. The second-order valence-corrected chi connectivity index (χ2v) is 8.12. The van der Waals surface area contributed by atoms with E-state index in [0.29, 0.717) is 24.2 Å². The van der Waals surface area contributed by atoms with Crippen LogP contribution in [0.1, 0.15) is 38.7 Å². The zero-order chi connectivity index (χ0) is 19.1. The van der Waals surface area contributed by atoms with Gasteiger partial charge in [-0.2, -0.15) is 0 Å². The number of fused-ring (bicyclic) bond motifs is 7. The van der Waals surface area contributed by atoms with Crippen molar-refractivity contribution < 1.29 is 18.8 Å². The Morgan fingerprint density at radius 1 is 1.30 bits per heavy atom. The van der Waals surface area contributed by atoms with Crippen molar-refractivity contribution in [1.82, 2.24) is 9.80 Å². The lowest BCUT2D eigenvalue weighted by molar-refractivity contribution is -0.147. The summed E-state index contributed by atoms with van der Waals surface area (Å²) in [5.41, 5.74) is -0.243. The van der Waals surface area contributed by atoms with Crippen LogP contribution in [0.15, 0.2) is 18.2 Å². The van der Waals surface area contributed by atoms with Gasteiger partial charge >= 0.3 is 0 Å². The Balaban J connectivity index is 1.74. The Labute approximate surface area is 156 Å². The van der Waals surface area contributed by atoms with Gasteiger partial charge in [0.05, 0.1) is 11.8 Å². The summed E-state index contributed by atoms with van der Waals surface area (Å²) < 4.78 is 14.1. The fraction of sp³-hybridized carbons (Fsp3) is 0.550. The summed E-state index contributed by atoms with van der Waals surface area (Å²) in [7, 11) is 0. The summed E-state index contributed by atoms with van der Waals surface area (Å²) in [6.45, 7) is 4.42. The number of carbonyl (C=O) groups excluding carboxylic acids is 3. The van der Waals surface area contributed by atoms with E-state index in [1.54, 1.807) is 6.07 Å². The summed E-state index contributed by atoms with van der Waals surface area (Å²) >= 11 is 0. The molecule has 142 valence electrons. The van der Waals surface area contributed by atoms with E-state index in [1.165, 1.54) is 17.0 Å². The molecule has 5 rings (SSSR count). The van der Waals surface area contributed by atoms with Gasteiger partial charge in [0.2, 0.25) is 17.7 Å². The fourth-order valence-electron chi connectivity index (χ4n) is 5.81. The van der Waals surface area contributed by atoms with Gasteiger partial charge in [0.1, 0.15) is 11.4 Å². The number of imide groups is 1. The van der Waals surface area contributed by atoms with Gasteiger partial charge in [-0.25, -0.2) is 4.39 Å². The molecule has 6 nitrogen and oxygen atoms in total. The van der Waals surface area contributed by atoms with E-state index >= 15 is 0 Å². The minimum atomic E-state index is -1.28. The van der Waals surface area contributed by atoms with E-state index < -0.39 is 23.2 Å². The molecule has 3 fully saturated rings. The second kappa shape index (κ2) is 5.38. The maximum Gasteiger partial charge on any atom is 0.250 e. The minimum absolute atomic E-state index is 0.152. The molecule has 4 aliphatic heterocycles. The molecule has 1 aromatic carbocycles. The minimum Gasteiger partial charge on any atom is -0.324 e. The van der Waals surface area contributed by atoms with Gasteiger partial charge in [0.15, 0.2) is 0 Å². The van der Waals surface area contributed by atoms with Gasteiger partial charge in [-0.05, 0) is 50.9 Å². The summed E-state index contributed by atoms with van der Waals surface area (Å²) in [4.78, 5) is 43.3. The maximum absolute atomic E-state index is 14.1. The number of hydrogen-bond acceptors (Lipinski definition) is 4. The second-order valence-electron chi connectivity index (χ2n) is 8.12. The lowest BCUT2D eigenvalue weighted by Crippen LogP contribution is -2.54. The highest BCUT2D eigenvalue weighted by atomic mass is 19.1. The molecule has 7 heteroatoms. The monoisotopic (exact) mass is 371 g/mol. The average Bonchev–Trinajstić information content (AvgIpc) is 3.33. The molecule has 1 N–H and O–H groups in total. The maximum atomic E-state index is 14.1. The first kappa shape index (κ1) is 16.9. The Morgan fingerprint density at radius 2 is 2.07 bits per heavy atom. The van der Waals surface area contributed by atoms with E-state index in [0.717, 1.165) is 12.8 Å². The molecule has 3 saturated heterocycles. The quantitative estimate of drug-likeness (QED) is 0.806. The van der Waals surface area contributed by atoms with Crippen molar-refractivity contribution in [3.63, 3.8) is 0 Å². The van der Waals surface area contributed by atoms with Crippen molar-refractivity contribution in [3.05, 3.63) is 29.6 Å². The van der Waals surface area contributed by atoms with Crippen molar-refractivity contribution in [2.24, 2.45) is 11.8 Å². The van der Waals surface area contributed by atoms with Crippen molar-refractivity contribution in [2.75, 3.05) is 11.9 Å². The molecular weight excluding hydrogens is 349 g/mol. The van der Waals surface area contributed by atoms with Crippen molar-refractivity contribution in [1.29, 1.82) is 0 Å². The number of halogens is 1. The van der Waals surface area contributed by atoms with E-state index in [4.69, 9.17) is 0 Å². The third kappa shape index (κ3) is 1.81. The van der Waals surface area contributed by atoms with Gasteiger partial charge in [0.25, 0.3) is 0 Å². The van der Waals surface area contributed by atoms with E-state index in [2.05, 4.69) is 5.32 Å². The molecule has 0 unspecified atom stereocenters. The molecule has 27 heavy (non-hydrogen) atoms. The first-order valence-electron chi connectivity index (χ1n) is 9.68. The molecule has 3 amide bonds. The molecule has 5 atom stereocenters. The summed E-state index contributed by atoms with van der Waals surface area (Å²) in [5.74, 6) is -2.54. The van der Waals surface area contributed by atoms with Crippen LogP contribution in [0.5, 0.6) is 0 Å². The molecule has 1 spiro atoms. The molecule has 1 aromatic rings. The van der Waals surface area contributed by atoms with Gasteiger partial charge < -0.3 is 5.32 Å². The van der Waals surface area contributed by atoms with Crippen molar-refractivity contribution >= 4 is 23.4 Å². The van der Waals surface area contributed by atoms with Crippen LogP contribution in [0.3, 0.4) is 0 Å². The Bertz CT molecular complexity index is 887. The van der Waals surface area contributed by atoms with Crippen LogP contribution in [0.2, 0.25) is 0 Å². The van der Waals surface area contributed by atoms with Crippen molar-refractivity contribution in [3.8, 4) is 0 Å². The fourth-order valence-corrected chi connectivity index (χ4v) is 5.81. The Morgan fingerprint density at radius 3 is 2.81 bits per heavy atom. The molecule has 0 radical (unpaired) electrons. The Hall–Kier alpha value is -2.28. The summed E-state index contributed by atoms with van der Waals surface area (Å²) in [5, 5.41) is 2.85. The number of nitrogens with one attached hydrogen (secondary N) is 1. The molecule has 0 aromatic heterocycles. The van der Waals surface area contributed by atoms with Gasteiger partial charge in [-0.3, -0.25) is 24.2 Å². The lowest BCUT2D eigenvalue weighted by atomic mass is 9.75. The summed E-state index contributed by atoms with van der Waals surface area (Å²) in [6, 6.07) is 3.84. The lowest BCUT2D eigenvalue weighted by Gasteiger charge is -2.37. The first-order valence-corrected chi connectivity index (χ1v) is 9.68. The highest BCUT2D eigenvalue weighted by Gasteiger charge is 2.74. The molecule has 4 heterocycles. The predicted molar refractivity (Wildman–Crippen MR) is 95.0 cm³/mol. The molecule has 4 aliphatic rings. The standard InChI is InChI=1S/C20H22FN3O3/c1-3-10(2)24-17(25)15-14-5-4-8-23(14)20(16(15)18(24)26)12-9-11(21)6-7-13(12)22-19(20)27/h6-7,9-10,14-16H,3-5,8H2,1-2H3,(H,22,27)/t10-,14+,15+,16-,20+/m0/s1. The van der Waals surface area contributed by atoms with Gasteiger partial charge in [-0.15, -0.1) is 0 Å². The zero-order valence-electron chi connectivity index (χ0n) is 15.4. The molecule has 0 saturated carbocycles. The third-order valence-electron chi connectivity index (χ3n) is 7.02. The van der Waals surface area contributed by atoms with E-state index in [1.807, 2.05) is 18.7 Å². The number of rotatable bonds is 2. The smallest absolute Gasteiger partial charge is 0.250 e. The highest BCUT2D eigenvalue weighted by molar-refractivity contribution is 6.15. The number of anilines is 1. The largest absolute Gasteiger partial charge is 0.324 e. The van der Waals surface area contributed by atoms with Crippen LogP contribution < -0.4 is 5.32 Å². The predicted octanol–water partition coefficient (Wildman–Crippen LogP) is 1.85. The van der Waals surface area contributed by atoms with Crippen LogP contribution in [0.4, 0.5) is 10.1 Å². The third-order valence-corrected chi connectivity index (χ3v) is 7.02.